The average molecular weight is 372 g/mol. The second kappa shape index (κ2) is 7.19. The van der Waals surface area contributed by atoms with Gasteiger partial charge in [-0.05, 0) is 24.3 Å². The third-order valence-corrected chi connectivity index (χ3v) is 4.54. The van der Waals surface area contributed by atoms with Gasteiger partial charge in [-0.2, -0.15) is 5.26 Å². The lowest BCUT2D eigenvalue weighted by molar-refractivity contribution is 0.102. The number of benzene rings is 1. The minimum absolute atomic E-state index is 0.309. The van der Waals surface area contributed by atoms with Crippen LogP contribution in [-0.2, 0) is 0 Å². The third-order valence-electron chi connectivity index (χ3n) is 3.78. The molecule has 0 saturated carbocycles. The molecule has 0 radical (unpaired) electrons. The van der Waals surface area contributed by atoms with Crippen molar-refractivity contribution in [3.63, 3.8) is 0 Å². The fourth-order valence-corrected chi connectivity index (χ4v) is 3.21. The van der Waals surface area contributed by atoms with Crippen LogP contribution in [0, 0.1) is 11.3 Å². The Kier molecular flexibility index (Phi) is 4.43. The summed E-state index contributed by atoms with van der Waals surface area (Å²) in [4.78, 5) is 25.3. The molecule has 1 aromatic carbocycles. The van der Waals surface area contributed by atoms with Crippen LogP contribution >= 0.6 is 11.3 Å². The molecule has 0 bridgehead atoms. The number of nitrogens with zero attached hydrogens (tertiary/aromatic N) is 5. The predicted octanol–water partition coefficient (Wildman–Crippen LogP) is 3.51. The second-order valence-electron chi connectivity index (χ2n) is 5.52. The van der Waals surface area contributed by atoms with Crippen molar-refractivity contribution >= 4 is 22.4 Å². The number of pyridine rings is 1. The second-order valence-corrected chi connectivity index (χ2v) is 6.38. The van der Waals surface area contributed by atoms with Crippen LogP contribution in [0.3, 0.4) is 0 Å². The van der Waals surface area contributed by atoms with Gasteiger partial charge in [-0.3, -0.25) is 19.7 Å². The van der Waals surface area contributed by atoms with E-state index in [1.165, 1.54) is 17.5 Å². The van der Waals surface area contributed by atoms with E-state index in [0.29, 0.717) is 27.8 Å². The van der Waals surface area contributed by atoms with Gasteiger partial charge >= 0.3 is 0 Å². The van der Waals surface area contributed by atoms with Crippen LogP contribution in [0.15, 0.2) is 66.6 Å². The molecule has 4 rings (SSSR count). The molecule has 7 nitrogen and oxygen atoms in total. The Morgan fingerprint density at radius 3 is 2.85 bits per heavy atom. The quantitative estimate of drug-likeness (QED) is 0.591. The van der Waals surface area contributed by atoms with E-state index in [-0.39, 0.29) is 5.91 Å². The van der Waals surface area contributed by atoms with E-state index in [1.807, 2.05) is 30.3 Å². The van der Waals surface area contributed by atoms with Crippen LogP contribution < -0.4 is 5.32 Å². The normalized spacial score (nSPS) is 10.3. The van der Waals surface area contributed by atoms with Crippen LogP contribution in [-0.4, -0.2) is 25.4 Å². The number of para-hydroxylation sites is 1. The highest BCUT2D eigenvalue weighted by Crippen LogP contribution is 2.24. The number of nitriles is 1. The SMILES string of the molecule is N#Cc1ccnc(-c2csc(NC(=O)c3cncn3-c3ccccc3)n2)c1. The molecule has 0 saturated heterocycles. The summed E-state index contributed by atoms with van der Waals surface area (Å²) in [6.45, 7) is 0. The van der Waals surface area contributed by atoms with Crippen molar-refractivity contribution in [3.05, 3.63) is 77.8 Å². The maximum absolute atomic E-state index is 12.7. The standard InChI is InChI=1S/C19H12N6OS/c20-9-13-6-7-22-15(8-13)16-11-27-19(23-16)24-18(26)17-10-21-12-25(17)14-4-2-1-3-5-14/h1-8,10-12H,(H,23,24,26). The Hall–Kier alpha value is -3.83. The number of carbonyl (C=O) groups excluding carboxylic acids is 1. The summed E-state index contributed by atoms with van der Waals surface area (Å²) in [5.74, 6) is -0.309. The van der Waals surface area contributed by atoms with Gasteiger partial charge in [-0.25, -0.2) is 9.97 Å². The minimum Gasteiger partial charge on any atom is -0.296 e. The lowest BCUT2D eigenvalue weighted by Gasteiger charge is -2.07. The molecule has 27 heavy (non-hydrogen) atoms. The molecular formula is C19H12N6OS. The van der Waals surface area contributed by atoms with Crippen LogP contribution in [0.1, 0.15) is 16.1 Å². The lowest BCUT2D eigenvalue weighted by atomic mass is 10.2. The number of carbonyl (C=O) groups is 1. The largest absolute Gasteiger partial charge is 0.296 e. The topological polar surface area (TPSA) is 96.5 Å². The molecule has 130 valence electrons. The molecular weight excluding hydrogens is 360 g/mol. The summed E-state index contributed by atoms with van der Waals surface area (Å²) in [7, 11) is 0. The molecule has 4 aromatic rings. The molecule has 0 aliphatic carbocycles. The highest BCUT2D eigenvalue weighted by molar-refractivity contribution is 7.14. The van der Waals surface area contributed by atoms with E-state index >= 15 is 0 Å². The summed E-state index contributed by atoms with van der Waals surface area (Å²) in [6, 6.07) is 14.9. The number of thiazole rings is 1. The summed E-state index contributed by atoms with van der Waals surface area (Å²) in [6.07, 6.45) is 4.66. The van der Waals surface area contributed by atoms with Gasteiger partial charge in [0.1, 0.15) is 11.4 Å². The van der Waals surface area contributed by atoms with E-state index < -0.39 is 0 Å². The monoisotopic (exact) mass is 372 g/mol. The van der Waals surface area contributed by atoms with Crippen molar-refractivity contribution in [1.29, 1.82) is 5.26 Å². The Balaban J connectivity index is 1.56. The first-order valence-corrected chi connectivity index (χ1v) is 8.84. The van der Waals surface area contributed by atoms with Crippen molar-refractivity contribution < 1.29 is 4.79 Å². The Labute approximate surface area is 158 Å². The summed E-state index contributed by atoms with van der Waals surface area (Å²) in [5, 5.41) is 14.0. The lowest BCUT2D eigenvalue weighted by Crippen LogP contribution is -2.15. The average Bonchev–Trinajstić information content (AvgIpc) is 3.38. The molecule has 8 heteroatoms. The number of hydrogen-bond donors (Lipinski definition) is 1. The smallest absolute Gasteiger partial charge is 0.276 e. The van der Waals surface area contributed by atoms with Crippen LogP contribution in [0.2, 0.25) is 0 Å². The van der Waals surface area contributed by atoms with Crippen LogP contribution in [0.5, 0.6) is 0 Å². The molecule has 1 N–H and O–H groups in total. The van der Waals surface area contributed by atoms with Gasteiger partial charge in [0.25, 0.3) is 5.91 Å². The van der Waals surface area contributed by atoms with Gasteiger partial charge in [0.2, 0.25) is 0 Å². The van der Waals surface area contributed by atoms with Crippen molar-refractivity contribution in [1.82, 2.24) is 19.5 Å². The predicted molar refractivity (Wildman–Crippen MR) is 102 cm³/mol. The van der Waals surface area contributed by atoms with Crippen molar-refractivity contribution in [2.45, 2.75) is 0 Å². The zero-order valence-electron chi connectivity index (χ0n) is 13.9. The molecule has 0 atom stereocenters. The van der Waals surface area contributed by atoms with E-state index in [0.717, 1.165) is 5.69 Å². The first-order chi connectivity index (χ1) is 13.2. The summed E-state index contributed by atoms with van der Waals surface area (Å²) < 4.78 is 1.71. The number of hydrogen-bond acceptors (Lipinski definition) is 6. The maximum Gasteiger partial charge on any atom is 0.276 e. The number of rotatable bonds is 4. The van der Waals surface area contributed by atoms with E-state index in [4.69, 9.17) is 5.26 Å². The first-order valence-electron chi connectivity index (χ1n) is 7.96. The highest BCUT2D eigenvalue weighted by atomic mass is 32.1. The molecule has 0 aliphatic heterocycles. The fraction of sp³-hybridized carbons (Fsp3) is 0. The molecule has 0 fully saturated rings. The van der Waals surface area contributed by atoms with Gasteiger partial charge < -0.3 is 0 Å². The number of aromatic nitrogens is 4. The van der Waals surface area contributed by atoms with Gasteiger partial charge in [0.15, 0.2) is 5.13 Å². The number of nitrogens with one attached hydrogen (secondary N) is 1. The summed E-state index contributed by atoms with van der Waals surface area (Å²) in [5.41, 5.74) is 2.94. The molecule has 0 unspecified atom stereocenters. The Morgan fingerprint density at radius 2 is 2.04 bits per heavy atom. The van der Waals surface area contributed by atoms with E-state index in [1.54, 1.807) is 34.6 Å². The molecule has 1 amide bonds. The van der Waals surface area contributed by atoms with Gasteiger partial charge in [0, 0.05) is 17.3 Å². The zero-order valence-corrected chi connectivity index (χ0v) is 14.7. The van der Waals surface area contributed by atoms with E-state index in [2.05, 4.69) is 26.3 Å². The van der Waals surface area contributed by atoms with Gasteiger partial charge in [0.05, 0.1) is 29.9 Å². The van der Waals surface area contributed by atoms with Crippen molar-refractivity contribution in [3.8, 4) is 23.1 Å². The molecule has 0 spiro atoms. The third kappa shape index (κ3) is 3.44. The van der Waals surface area contributed by atoms with Gasteiger partial charge in [-0.15, -0.1) is 11.3 Å². The van der Waals surface area contributed by atoms with Gasteiger partial charge in [-0.1, -0.05) is 18.2 Å². The first kappa shape index (κ1) is 16.6. The minimum atomic E-state index is -0.309. The number of amides is 1. The van der Waals surface area contributed by atoms with E-state index in [9.17, 15) is 4.79 Å². The Bertz CT molecular complexity index is 1140. The highest BCUT2D eigenvalue weighted by Gasteiger charge is 2.15. The van der Waals surface area contributed by atoms with Crippen molar-refractivity contribution in [2.75, 3.05) is 5.32 Å². The van der Waals surface area contributed by atoms with Crippen molar-refractivity contribution in [2.24, 2.45) is 0 Å². The van der Waals surface area contributed by atoms with Crippen LogP contribution in [0.4, 0.5) is 5.13 Å². The number of anilines is 1. The molecule has 3 heterocycles. The zero-order chi connectivity index (χ0) is 18.6. The number of imidazole rings is 1. The van der Waals surface area contributed by atoms with Crippen LogP contribution in [0.25, 0.3) is 17.1 Å². The molecule has 0 aliphatic rings. The fourth-order valence-electron chi connectivity index (χ4n) is 2.51. The Morgan fingerprint density at radius 1 is 1.19 bits per heavy atom. The molecule has 3 aromatic heterocycles. The maximum atomic E-state index is 12.7. The summed E-state index contributed by atoms with van der Waals surface area (Å²) >= 11 is 1.29.